The molecule has 3 amide bonds. The summed E-state index contributed by atoms with van der Waals surface area (Å²) >= 11 is 0. The van der Waals surface area contributed by atoms with Crippen molar-refractivity contribution in [2.45, 2.75) is 72.7 Å². The van der Waals surface area contributed by atoms with Crippen LogP contribution in [-0.2, 0) is 29.2 Å². The Kier molecular flexibility index (Phi) is 17.3. The second kappa shape index (κ2) is 23.2. The van der Waals surface area contributed by atoms with Gasteiger partial charge in [0.2, 0.25) is 5.95 Å². The number of benzene rings is 2. The van der Waals surface area contributed by atoms with Crippen LogP contribution in [0.4, 0.5) is 27.8 Å². The number of unbranched alkanes of at least 4 members (excludes halogenated alkanes) is 1. The van der Waals surface area contributed by atoms with Gasteiger partial charge in [-0.05, 0) is 84.2 Å². The number of anilines is 3. The largest absolute Gasteiger partial charge is 0.491 e. The number of fused-ring (bicyclic) bond motifs is 1. The first-order valence-corrected chi connectivity index (χ1v) is 21.4. The number of hydrogen-bond donors (Lipinski definition) is 4. The summed E-state index contributed by atoms with van der Waals surface area (Å²) in [6, 6.07) is 8.25. The van der Waals surface area contributed by atoms with Crippen LogP contribution in [0.1, 0.15) is 77.4 Å². The molecule has 0 saturated carbocycles. The average Bonchev–Trinajstić information content (AvgIpc) is 4.02. The number of hydrogen-bond acceptors (Lipinski definition) is 14. The molecule has 0 aliphatic carbocycles. The maximum Gasteiger partial charge on any atom is 0.412 e. The minimum absolute atomic E-state index is 0.00114. The number of ether oxygens (including phenoxy) is 3. The predicted molar refractivity (Wildman–Crippen MR) is 253 cm³/mol. The highest BCUT2D eigenvalue weighted by Gasteiger charge is 2.22. The maximum absolute atomic E-state index is 13.6. The van der Waals surface area contributed by atoms with E-state index in [1.54, 1.807) is 80.8 Å². The number of nitrogens with zero attached hydrogens (tertiary/aromatic N) is 8. The Morgan fingerprint density at radius 3 is 2.45 bits per heavy atom. The number of aromatic nitrogens is 6. The molecule has 350 valence electrons. The smallest absolute Gasteiger partial charge is 0.412 e. The molecule has 0 radical (unpaired) electrons. The first-order chi connectivity index (χ1) is 31.7. The number of aliphatic imine (C=N–C) groups is 1. The average molecular weight is 907 g/mol. The molecule has 20 nitrogen and oxygen atoms in total. The molecule has 4 N–H and O–H groups in total. The number of aryl methyl sites for hydroxylation is 2. The maximum atomic E-state index is 13.6. The molecule has 3 heterocycles. The summed E-state index contributed by atoms with van der Waals surface area (Å²) < 4.78 is 22.9. The molecule has 0 saturated heterocycles. The van der Waals surface area contributed by atoms with Crippen molar-refractivity contribution in [3.63, 3.8) is 0 Å². The Bertz CT molecular complexity index is 2580. The van der Waals surface area contributed by atoms with Gasteiger partial charge < -0.3 is 44.4 Å². The molecule has 0 aliphatic heterocycles. The van der Waals surface area contributed by atoms with Crippen molar-refractivity contribution in [3.8, 4) is 11.5 Å². The molecule has 0 atom stereocenters. The zero-order valence-electron chi connectivity index (χ0n) is 38.4. The van der Waals surface area contributed by atoms with Crippen LogP contribution < -0.4 is 35.6 Å². The number of carbonyl (C=O) groups is 5. The van der Waals surface area contributed by atoms with E-state index in [4.69, 9.17) is 19.2 Å². The quantitative estimate of drug-likeness (QED) is 0.0181. The van der Waals surface area contributed by atoms with Gasteiger partial charge in [-0.25, -0.2) is 9.78 Å². The van der Waals surface area contributed by atoms with Crippen molar-refractivity contribution in [1.29, 1.82) is 0 Å². The van der Waals surface area contributed by atoms with E-state index in [1.165, 1.54) is 6.20 Å². The first kappa shape index (κ1) is 49.2. The molecule has 3 aromatic heterocycles. The highest BCUT2D eigenvalue weighted by atomic mass is 16.6. The molecule has 0 spiro atoms. The lowest BCUT2D eigenvalue weighted by molar-refractivity contribution is -0.108. The number of allylic oxidation sites excluding steroid dienone is 2. The lowest BCUT2D eigenvalue weighted by atomic mass is 10.1. The monoisotopic (exact) mass is 906 g/mol. The van der Waals surface area contributed by atoms with Crippen molar-refractivity contribution in [3.05, 3.63) is 89.5 Å². The minimum Gasteiger partial charge on any atom is -0.491 e. The van der Waals surface area contributed by atoms with E-state index in [-0.39, 0.29) is 38.2 Å². The molecule has 5 rings (SSSR count). The first-order valence-electron chi connectivity index (χ1n) is 21.4. The van der Waals surface area contributed by atoms with E-state index >= 15 is 0 Å². The van der Waals surface area contributed by atoms with Crippen molar-refractivity contribution in [2.75, 3.05) is 56.1 Å². The Balaban J connectivity index is 1.40. The molecule has 0 aliphatic rings. The van der Waals surface area contributed by atoms with Gasteiger partial charge in [-0.3, -0.25) is 34.1 Å². The van der Waals surface area contributed by atoms with Crippen molar-refractivity contribution < 1.29 is 38.2 Å². The minimum atomic E-state index is -0.635. The standard InChI is InChI=1S/C46H58N12O8/c1-9-58-37(22-31(2)54-58)43(62)50-30-55(40-35(47-6)23-32(29-60)24-38(40)64-21-15-13-19-59)16-10-11-18-57-41-36(53-44(57)49-8)25-33(42(61)48-7)26-39(41)65-20-14-12-17-56-28-34(27-51-56)52-45(63)66-46(3,4)5/h10-12,14,19,22-29H,6,9,13,15-18,20-21,30H2,1-5,7-8H3,(H,48,61)(H,49,53)(H,50,62)(H,52,63)/b11-10+,14-12+. The van der Waals surface area contributed by atoms with E-state index in [0.29, 0.717) is 107 Å². The van der Waals surface area contributed by atoms with Gasteiger partial charge >= 0.3 is 6.09 Å². The molecule has 0 unspecified atom stereocenters. The van der Waals surface area contributed by atoms with Gasteiger partial charge in [0.1, 0.15) is 53.2 Å². The third-order valence-electron chi connectivity index (χ3n) is 9.66. The number of nitrogens with one attached hydrogen (secondary N) is 4. The molecular weight excluding hydrogens is 849 g/mol. The lowest BCUT2D eigenvalue weighted by Crippen LogP contribution is -2.39. The molecule has 66 heavy (non-hydrogen) atoms. The van der Waals surface area contributed by atoms with Gasteiger partial charge in [0, 0.05) is 57.5 Å². The summed E-state index contributed by atoms with van der Waals surface area (Å²) in [5.41, 5.74) is 3.62. The molecular formula is C46H58N12O8. The van der Waals surface area contributed by atoms with Gasteiger partial charge in [0.25, 0.3) is 11.8 Å². The Labute approximate surface area is 383 Å². The molecule has 0 bridgehead atoms. The van der Waals surface area contributed by atoms with Crippen LogP contribution in [-0.4, -0.2) is 112 Å². The SMILES string of the molecule is C=Nc1cc(C=O)cc(OCCCC=O)c1N(C/C=C/Cn1c(NC)nc2cc(C(=O)NC)cc(OC/C=C/Cn3cc(NC(=O)OC(C)(C)C)cn3)c21)CNC(=O)c1cc(C)nn1CC. The molecule has 20 heteroatoms. The van der Waals surface area contributed by atoms with Gasteiger partial charge in [-0.2, -0.15) is 10.2 Å². The van der Waals surface area contributed by atoms with Crippen molar-refractivity contribution in [1.82, 2.24) is 39.7 Å². The Morgan fingerprint density at radius 2 is 1.76 bits per heavy atom. The van der Waals surface area contributed by atoms with Crippen molar-refractivity contribution >= 4 is 71.2 Å². The zero-order chi connectivity index (χ0) is 47.8. The predicted octanol–water partition coefficient (Wildman–Crippen LogP) is 6.09. The second-order valence-corrected chi connectivity index (χ2v) is 15.7. The Hall–Kier alpha value is -7.77. The van der Waals surface area contributed by atoms with Crippen LogP contribution in [0.25, 0.3) is 11.0 Å². The van der Waals surface area contributed by atoms with Crippen LogP contribution in [0.3, 0.4) is 0 Å². The van der Waals surface area contributed by atoms with Crippen LogP contribution in [0, 0.1) is 6.92 Å². The fourth-order valence-corrected chi connectivity index (χ4v) is 6.74. The van der Waals surface area contributed by atoms with Gasteiger partial charge in [-0.1, -0.05) is 18.2 Å². The fourth-order valence-electron chi connectivity index (χ4n) is 6.74. The summed E-state index contributed by atoms with van der Waals surface area (Å²) in [6.07, 6.45) is 12.4. The lowest BCUT2D eigenvalue weighted by Gasteiger charge is -2.28. The zero-order valence-corrected chi connectivity index (χ0v) is 38.4. The van der Waals surface area contributed by atoms with Crippen LogP contribution in [0.15, 0.2) is 72.0 Å². The van der Waals surface area contributed by atoms with E-state index in [2.05, 4.69) is 43.2 Å². The van der Waals surface area contributed by atoms with E-state index in [1.807, 2.05) is 47.6 Å². The van der Waals surface area contributed by atoms with Crippen molar-refractivity contribution in [2.24, 2.45) is 4.99 Å². The fraction of sp³-hybridized carbons (Fsp3) is 0.370. The van der Waals surface area contributed by atoms with Gasteiger partial charge in [0.05, 0.1) is 48.6 Å². The molecule has 2 aromatic carbocycles. The van der Waals surface area contributed by atoms with E-state index in [0.717, 1.165) is 6.29 Å². The number of imidazole rings is 1. The summed E-state index contributed by atoms with van der Waals surface area (Å²) in [5.74, 6) is 0.604. The molecule has 0 fully saturated rings. The number of rotatable bonds is 24. The number of aldehydes is 2. The summed E-state index contributed by atoms with van der Waals surface area (Å²) in [6.45, 7) is 14.6. The topological polar surface area (TPSA) is 230 Å². The van der Waals surface area contributed by atoms with Crippen LogP contribution in [0.5, 0.6) is 11.5 Å². The summed E-state index contributed by atoms with van der Waals surface area (Å²) in [7, 11) is 3.29. The molecule has 5 aromatic rings. The van der Waals surface area contributed by atoms with Crippen LogP contribution >= 0.6 is 0 Å². The highest BCUT2D eigenvalue weighted by molar-refractivity contribution is 5.99. The third kappa shape index (κ3) is 13.1. The summed E-state index contributed by atoms with van der Waals surface area (Å²) in [4.78, 5) is 72.4. The van der Waals surface area contributed by atoms with Gasteiger partial charge in [0.15, 0.2) is 0 Å². The van der Waals surface area contributed by atoms with E-state index < -0.39 is 11.7 Å². The number of carbonyl (C=O) groups excluding carboxylic acids is 5. The number of amides is 3. The van der Waals surface area contributed by atoms with E-state index in [9.17, 15) is 24.0 Å². The Morgan fingerprint density at radius 1 is 0.970 bits per heavy atom. The normalized spacial score (nSPS) is 11.4. The second-order valence-electron chi connectivity index (χ2n) is 15.7. The van der Waals surface area contributed by atoms with Crippen LogP contribution in [0.2, 0.25) is 0 Å². The summed E-state index contributed by atoms with van der Waals surface area (Å²) in [5, 5.41) is 20.2. The van der Waals surface area contributed by atoms with Gasteiger partial charge in [-0.15, -0.1) is 0 Å². The highest BCUT2D eigenvalue weighted by Crippen LogP contribution is 2.39. The third-order valence-corrected chi connectivity index (χ3v) is 9.66.